The van der Waals surface area contributed by atoms with Crippen LogP contribution in [0.4, 0.5) is 25.8 Å². The van der Waals surface area contributed by atoms with Gasteiger partial charge in [-0.1, -0.05) is 0 Å². The van der Waals surface area contributed by atoms with Crippen molar-refractivity contribution in [3.05, 3.63) is 42.7 Å². The first kappa shape index (κ1) is 12.1. The standard InChI is InChI=1S/C12H11F2N3O/c13-12(14)18-9-3-1-8(2-4-9)17-11-5-6-16-7-10(11)15/h1-7,12H,15H2,(H,16,17). The molecular formula is C12H11F2N3O. The molecule has 0 radical (unpaired) electrons. The maximum absolute atomic E-state index is 12.0. The Morgan fingerprint density at radius 3 is 2.50 bits per heavy atom. The molecule has 0 fully saturated rings. The van der Waals surface area contributed by atoms with E-state index in [0.717, 1.165) is 5.69 Å². The Kier molecular flexibility index (Phi) is 3.57. The van der Waals surface area contributed by atoms with Crippen molar-refractivity contribution in [3.63, 3.8) is 0 Å². The van der Waals surface area contributed by atoms with Gasteiger partial charge in [0, 0.05) is 11.9 Å². The molecule has 94 valence electrons. The average molecular weight is 251 g/mol. The summed E-state index contributed by atoms with van der Waals surface area (Å²) < 4.78 is 28.2. The molecule has 1 heterocycles. The Balaban J connectivity index is 2.09. The summed E-state index contributed by atoms with van der Waals surface area (Å²) in [7, 11) is 0. The Labute approximate surface area is 102 Å². The molecule has 0 aliphatic carbocycles. The van der Waals surface area contributed by atoms with Gasteiger partial charge in [-0.2, -0.15) is 8.78 Å². The average Bonchev–Trinajstić information content (AvgIpc) is 2.34. The highest BCUT2D eigenvalue weighted by Crippen LogP contribution is 2.23. The molecule has 0 spiro atoms. The smallest absolute Gasteiger partial charge is 0.387 e. The van der Waals surface area contributed by atoms with E-state index < -0.39 is 6.61 Å². The fourth-order valence-electron chi connectivity index (χ4n) is 1.40. The predicted molar refractivity (Wildman–Crippen MR) is 65.0 cm³/mol. The van der Waals surface area contributed by atoms with Gasteiger partial charge in [0.15, 0.2) is 0 Å². The lowest BCUT2D eigenvalue weighted by atomic mass is 10.2. The summed E-state index contributed by atoms with van der Waals surface area (Å²) in [4.78, 5) is 3.86. The molecule has 1 aromatic heterocycles. The Hall–Kier alpha value is -2.37. The van der Waals surface area contributed by atoms with Gasteiger partial charge in [0.1, 0.15) is 5.75 Å². The number of hydrogen-bond acceptors (Lipinski definition) is 4. The number of hydrogen-bond donors (Lipinski definition) is 2. The lowest BCUT2D eigenvalue weighted by molar-refractivity contribution is -0.0498. The van der Waals surface area contributed by atoms with Crippen molar-refractivity contribution in [1.82, 2.24) is 4.98 Å². The van der Waals surface area contributed by atoms with E-state index >= 15 is 0 Å². The number of nitrogens with one attached hydrogen (secondary N) is 1. The summed E-state index contributed by atoms with van der Waals surface area (Å²) in [6.07, 6.45) is 3.13. The maximum Gasteiger partial charge on any atom is 0.387 e. The van der Waals surface area contributed by atoms with E-state index in [1.807, 2.05) is 0 Å². The lowest BCUT2D eigenvalue weighted by Crippen LogP contribution is -2.02. The molecule has 0 aliphatic heterocycles. The summed E-state index contributed by atoms with van der Waals surface area (Å²) in [6, 6.07) is 7.87. The number of nitrogens with two attached hydrogens (primary N) is 1. The molecule has 4 nitrogen and oxygen atoms in total. The highest BCUT2D eigenvalue weighted by Gasteiger charge is 2.04. The summed E-state index contributed by atoms with van der Waals surface area (Å²) >= 11 is 0. The monoisotopic (exact) mass is 251 g/mol. The molecule has 2 rings (SSSR count). The van der Waals surface area contributed by atoms with Gasteiger partial charge in [-0.15, -0.1) is 0 Å². The minimum Gasteiger partial charge on any atom is -0.435 e. The second-order valence-electron chi connectivity index (χ2n) is 3.49. The van der Waals surface area contributed by atoms with Gasteiger partial charge in [0.25, 0.3) is 0 Å². The molecule has 0 bridgehead atoms. The van der Waals surface area contributed by atoms with Gasteiger partial charge in [-0.25, -0.2) is 0 Å². The molecular weight excluding hydrogens is 240 g/mol. The van der Waals surface area contributed by atoms with Crippen LogP contribution < -0.4 is 15.8 Å². The number of halogens is 2. The number of rotatable bonds is 4. The van der Waals surface area contributed by atoms with E-state index in [-0.39, 0.29) is 5.75 Å². The van der Waals surface area contributed by atoms with Crippen LogP contribution in [0, 0.1) is 0 Å². The van der Waals surface area contributed by atoms with Crippen LogP contribution in [0.5, 0.6) is 5.75 Å². The summed E-state index contributed by atoms with van der Waals surface area (Å²) in [5.41, 5.74) is 7.64. The lowest BCUT2D eigenvalue weighted by Gasteiger charge is -2.09. The van der Waals surface area contributed by atoms with Gasteiger partial charge in [0.2, 0.25) is 0 Å². The third-order valence-corrected chi connectivity index (χ3v) is 2.21. The molecule has 0 unspecified atom stereocenters. The van der Waals surface area contributed by atoms with Crippen LogP contribution in [0.15, 0.2) is 42.7 Å². The maximum atomic E-state index is 12.0. The minimum absolute atomic E-state index is 0.109. The van der Waals surface area contributed by atoms with Crippen molar-refractivity contribution in [3.8, 4) is 5.75 Å². The number of aromatic nitrogens is 1. The second-order valence-corrected chi connectivity index (χ2v) is 3.49. The summed E-state index contributed by atoms with van der Waals surface area (Å²) in [5.74, 6) is 0.109. The van der Waals surface area contributed by atoms with E-state index in [4.69, 9.17) is 5.73 Å². The molecule has 1 aromatic carbocycles. The molecule has 0 amide bonds. The molecule has 6 heteroatoms. The van der Waals surface area contributed by atoms with E-state index in [1.54, 1.807) is 24.4 Å². The fourth-order valence-corrected chi connectivity index (χ4v) is 1.40. The van der Waals surface area contributed by atoms with Crippen LogP contribution in [-0.2, 0) is 0 Å². The molecule has 0 saturated carbocycles. The molecule has 3 N–H and O–H groups in total. The van der Waals surface area contributed by atoms with Gasteiger partial charge in [-0.3, -0.25) is 4.98 Å². The zero-order valence-electron chi connectivity index (χ0n) is 9.31. The first-order valence-electron chi connectivity index (χ1n) is 5.16. The van der Waals surface area contributed by atoms with Crippen molar-refractivity contribution < 1.29 is 13.5 Å². The number of pyridine rings is 1. The first-order valence-corrected chi connectivity index (χ1v) is 5.16. The third kappa shape index (κ3) is 3.07. The summed E-state index contributed by atoms with van der Waals surface area (Å²) in [6.45, 7) is -2.82. The van der Waals surface area contributed by atoms with Crippen molar-refractivity contribution in [2.45, 2.75) is 6.61 Å². The number of ether oxygens (including phenoxy) is 1. The SMILES string of the molecule is Nc1cnccc1Nc1ccc(OC(F)F)cc1. The Bertz CT molecular complexity index is 517. The molecule has 0 atom stereocenters. The zero-order valence-corrected chi connectivity index (χ0v) is 9.31. The minimum atomic E-state index is -2.82. The van der Waals surface area contributed by atoms with E-state index in [0.29, 0.717) is 11.4 Å². The van der Waals surface area contributed by atoms with Crippen LogP contribution in [-0.4, -0.2) is 11.6 Å². The van der Waals surface area contributed by atoms with Gasteiger partial charge in [-0.05, 0) is 30.3 Å². The largest absolute Gasteiger partial charge is 0.435 e. The van der Waals surface area contributed by atoms with Gasteiger partial charge >= 0.3 is 6.61 Å². The number of benzene rings is 1. The van der Waals surface area contributed by atoms with Gasteiger partial charge in [0.05, 0.1) is 17.6 Å². The van der Waals surface area contributed by atoms with Crippen LogP contribution in [0.25, 0.3) is 0 Å². The predicted octanol–water partition coefficient (Wildman–Crippen LogP) is 3.01. The first-order chi connectivity index (χ1) is 8.65. The van der Waals surface area contributed by atoms with Crippen molar-refractivity contribution in [2.24, 2.45) is 0 Å². The van der Waals surface area contributed by atoms with Crippen LogP contribution in [0.1, 0.15) is 0 Å². The Morgan fingerprint density at radius 2 is 1.89 bits per heavy atom. The van der Waals surface area contributed by atoms with E-state index in [2.05, 4.69) is 15.0 Å². The van der Waals surface area contributed by atoms with Crippen LogP contribution >= 0.6 is 0 Å². The van der Waals surface area contributed by atoms with Crippen molar-refractivity contribution in [2.75, 3.05) is 11.1 Å². The van der Waals surface area contributed by atoms with E-state index in [1.165, 1.54) is 18.3 Å². The molecule has 0 saturated heterocycles. The van der Waals surface area contributed by atoms with Crippen molar-refractivity contribution in [1.29, 1.82) is 0 Å². The van der Waals surface area contributed by atoms with Gasteiger partial charge < -0.3 is 15.8 Å². The highest BCUT2D eigenvalue weighted by molar-refractivity contribution is 5.71. The van der Waals surface area contributed by atoms with Crippen LogP contribution in [0.2, 0.25) is 0 Å². The molecule has 2 aromatic rings. The fraction of sp³-hybridized carbons (Fsp3) is 0.0833. The topological polar surface area (TPSA) is 60.2 Å². The number of nitrogen functional groups attached to an aromatic ring is 1. The van der Waals surface area contributed by atoms with Crippen molar-refractivity contribution >= 4 is 17.1 Å². The quantitative estimate of drug-likeness (QED) is 0.876. The second kappa shape index (κ2) is 5.31. The summed E-state index contributed by atoms with van der Waals surface area (Å²) in [5, 5.41) is 3.04. The molecule has 18 heavy (non-hydrogen) atoms. The van der Waals surface area contributed by atoms with E-state index in [9.17, 15) is 8.78 Å². The molecule has 0 aliphatic rings. The zero-order chi connectivity index (χ0) is 13.0. The van der Waals surface area contributed by atoms with Crippen LogP contribution in [0.3, 0.4) is 0 Å². The Morgan fingerprint density at radius 1 is 1.17 bits per heavy atom. The number of alkyl halides is 2. The highest BCUT2D eigenvalue weighted by atomic mass is 19.3. The number of nitrogens with zero attached hydrogens (tertiary/aromatic N) is 1. The normalized spacial score (nSPS) is 10.4. The third-order valence-electron chi connectivity index (χ3n) is 2.21. The number of anilines is 3.